The maximum absolute atomic E-state index is 10.5. The number of hydrogen-bond acceptors (Lipinski definition) is 3. The molecule has 1 rings (SSSR count). The van der Waals surface area contributed by atoms with Crippen LogP contribution in [0.2, 0.25) is 0 Å². The van der Waals surface area contributed by atoms with Crippen LogP contribution >= 0.6 is 11.9 Å². The van der Waals surface area contributed by atoms with Gasteiger partial charge in [-0.05, 0) is 12.8 Å². The largest absolute Gasteiger partial charge is 0.619 e. The molecule has 0 unspecified atom stereocenters. The molecular weight excluding hydrogens is 126 g/mol. The first-order chi connectivity index (χ1) is 3.71. The molecule has 0 spiro atoms. The number of nitrogens with zero attached hydrogens (tertiary/aromatic N) is 1. The van der Waals surface area contributed by atoms with Crippen LogP contribution in [-0.4, -0.2) is 16.5 Å². The van der Waals surface area contributed by atoms with Crippen molar-refractivity contribution < 1.29 is 4.21 Å². The smallest absolute Gasteiger partial charge is 0.0888 e. The summed E-state index contributed by atoms with van der Waals surface area (Å²) in [4.78, 5) is 0. The van der Waals surface area contributed by atoms with Crippen molar-refractivity contribution in [2.24, 2.45) is 0 Å². The van der Waals surface area contributed by atoms with Crippen LogP contribution in [0.3, 0.4) is 0 Å². The zero-order chi connectivity index (χ0) is 6.04. The molecule has 0 aromatic carbocycles. The monoisotopic (exact) mass is 134 g/mol. The van der Waals surface area contributed by atoms with Gasteiger partial charge < -0.3 is 14.6 Å². The highest BCUT2D eigenvalue weighted by Crippen LogP contribution is 2.26. The lowest BCUT2D eigenvalue weighted by Gasteiger charge is -2.46. The highest BCUT2D eigenvalue weighted by molar-refractivity contribution is 7.93. The maximum Gasteiger partial charge on any atom is 0.0888 e. The second-order valence-corrected chi connectivity index (χ2v) is 3.10. The first kappa shape index (κ1) is 6.35. The Labute approximate surface area is 52.6 Å². The summed E-state index contributed by atoms with van der Waals surface area (Å²) in [5.41, 5.74) is 0. The molecule has 1 fully saturated rings. The van der Waals surface area contributed by atoms with E-state index in [-0.39, 0.29) is 6.54 Å². The third-order valence-electron chi connectivity index (χ3n) is 1.11. The summed E-state index contributed by atoms with van der Waals surface area (Å²) in [5.74, 6) is 0.729. The summed E-state index contributed by atoms with van der Waals surface area (Å²) in [5, 5.41) is 20.9. The lowest BCUT2D eigenvalue weighted by Crippen LogP contribution is -2.31. The molecule has 3 nitrogen and oxygen atoms in total. The summed E-state index contributed by atoms with van der Waals surface area (Å²) in [6.07, 6.45) is 1.81. The molecule has 0 amide bonds. The minimum atomic E-state index is -1.33. The Hall–Kier alpha value is 0.230. The van der Waals surface area contributed by atoms with Crippen molar-refractivity contribution in [2.75, 3.05) is 12.3 Å². The van der Waals surface area contributed by atoms with E-state index in [1.807, 2.05) is 0 Å². The van der Waals surface area contributed by atoms with Gasteiger partial charge in [-0.2, -0.15) is 0 Å². The van der Waals surface area contributed by atoms with Crippen LogP contribution in [0.4, 0.5) is 0 Å². The van der Waals surface area contributed by atoms with E-state index in [0.29, 0.717) is 0 Å². The molecule has 0 saturated carbocycles. The van der Waals surface area contributed by atoms with Gasteiger partial charge in [-0.1, -0.05) is 0 Å². The van der Waals surface area contributed by atoms with E-state index in [1.54, 1.807) is 0 Å². The molecule has 48 valence electrons. The normalized spacial score (nSPS) is 27.8. The second-order valence-electron chi connectivity index (χ2n) is 1.87. The Morgan fingerprint density at radius 2 is 2.00 bits per heavy atom. The lowest BCUT2D eigenvalue weighted by molar-refractivity contribution is -0.685. The summed E-state index contributed by atoms with van der Waals surface area (Å²) < 4.78 is -1.33. The molecule has 4 heteroatoms. The zero-order valence-electron chi connectivity index (χ0n) is 4.50. The summed E-state index contributed by atoms with van der Waals surface area (Å²) >= 11 is 0.947. The molecule has 0 radical (unpaired) electrons. The van der Waals surface area contributed by atoms with E-state index in [1.165, 1.54) is 0 Å². The van der Waals surface area contributed by atoms with E-state index in [2.05, 4.69) is 0 Å². The Morgan fingerprint density at radius 1 is 1.25 bits per heavy atom. The van der Waals surface area contributed by atoms with E-state index < -0.39 is 4.21 Å². The van der Waals surface area contributed by atoms with Gasteiger partial charge in [-0.3, -0.25) is 0 Å². The maximum atomic E-state index is 10.5. The molecule has 1 saturated heterocycles. The van der Waals surface area contributed by atoms with Crippen molar-refractivity contribution in [3.05, 3.63) is 10.4 Å². The molecule has 0 bridgehead atoms. The molecule has 0 aromatic rings. The minimum Gasteiger partial charge on any atom is -0.619 e. The summed E-state index contributed by atoms with van der Waals surface area (Å²) in [7, 11) is 0. The Morgan fingerprint density at radius 3 is 2.25 bits per heavy atom. The number of quaternary nitrogens is 1. The molecule has 0 aromatic heterocycles. The lowest BCUT2D eigenvalue weighted by atomic mass is 10.3. The van der Waals surface area contributed by atoms with Crippen LogP contribution in [0.15, 0.2) is 0 Å². The zero-order valence-corrected chi connectivity index (χ0v) is 5.32. The number of rotatable bonds is 0. The average Bonchev–Trinajstić information content (AvgIpc) is 1.65. The van der Waals surface area contributed by atoms with Crippen molar-refractivity contribution >= 4 is 11.9 Å². The molecule has 0 atom stereocenters. The van der Waals surface area contributed by atoms with Gasteiger partial charge in [0.25, 0.3) is 0 Å². The van der Waals surface area contributed by atoms with Gasteiger partial charge in [0.2, 0.25) is 0 Å². The van der Waals surface area contributed by atoms with Gasteiger partial charge in [-0.25, -0.2) is 0 Å². The molecule has 0 aliphatic carbocycles. The van der Waals surface area contributed by atoms with Crippen molar-refractivity contribution in [3.63, 3.8) is 0 Å². The third-order valence-corrected chi connectivity index (χ3v) is 2.16. The Kier molecular flexibility index (Phi) is 1.77. The van der Waals surface area contributed by atoms with Crippen molar-refractivity contribution in [3.8, 4) is 0 Å². The first-order valence-electron chi connectivity index (χ1n) is 2.65. The Bertz CT molecular complexity index is 78.1. The van der Waals surface area contributed by atoms with Crippen molar-refractivity contribution in [1.82, 2.24) is 0 Å². The van der Waals surface area contributed by atoms with Gasteiger partial charge in [0.05, 0.1) is 18.5 Å². The van der Waals surface area contributed by atoms with Gasteiger partial charge in [-0.15, -0.1) is 0 Å². The number of hydroxylamine groups is 2. The van der Waals surface area contributed by atoms with Gasteiger partial charge in [0.15, 0.2) is 0 Å². The average molecular weight is 134 g/mol. The predicted octanol–water partition coefficient (Wildman–Crippen LogP) is 1.24. The highest BCUT2D eigenvalue weighted by atomic mass is 32.2. The van der Waals surface area contributed by atoms with Crippen LogP contribution in [0.5, 0.6) is 0 Å². The fourth-order valence-corrected chi connectivity index (χ4v) is 1.55. The molecule has 1 aliphatic rings. The fourth-order valence-electron chi connectivity index (χ4n) is 0.676. The molecule has 8 heavy (non-hydrogen) atoms. The minimum absolute atomic E-state index is 0.241. The topological polar surface area (TPSA) is 46.1 Å². The SMILES string of the molecule is [O-][N+]1([O-])CCCCS1. The van der Waals surface area contributed by atoms with E-state index in [4.69, 9.17) is 0 Å². The summed E-state index contributed by atoms with van der Waals surface area (Å²) in [6, 6.07) is 0. The summed E-state index contributed by atoms with van der Waals surface area (Å²) in [6.45, 7) is 0.241. The third kappa shape index (κ3) is 1.63. The van der Waals surface area contributed by atoms with E-state index in [9.17, 15) is 10.4 Å². The molecule has 1 heterocycles. The Balaban J connectivity index is 2.33. The van der Waals surface area contributed by atoms with E-state index in [0.717, 1.165) is 30.5 Å². The second kappa shape index (κ2) is 2.23. The van der Waals surface area contributed by atoms with Crippen LogP contribution < -0.4 is 0 Å². The number of hydrogen-bond donors (Lipinski definition) is 0. The predicted molar refractivity (Wildman–Crippen MR) is 33.6 cm³/mol. The first-order valence-corrected chi connectivity index (χ1v) is 3.60. The van der Waals surface area contributed by atoms with Gasteiger partial charge in [0.1, 0.15) is 0 Å². The van der Waals surface area contributed by atoms with Gasteiger partial charge >= 0.3 is 0 Å². The quantitative estimate of drug-likeness (QED) is 0.284. The standard InChI is InChI=1S/C4H8NO2S/c6-5(7)3-1-2-4-8-5/h1-4H2/q-1. The molecule has 1 aliphatic heterocycles. The van der Waals surface area contributed by atoms with Crippen molar-refractivity contribution in [1.29, 1.82) is 0 Å². The van der Waals surface area contributed by atoms with Gasteiger partial charge in [0, 0.05) is 5.75 Å². The van der Waals surface area contributed by atoms with Crippen LogP contribution in [0.25, 0.3) is 0 Å². The van der Waals surface area contributed by atoms with Crippen LogP contribution in [0.1, 0.15) is 12.8 Å². The molecular formula is C4H8NO2S-. The van der Waals surface area contributed by atoms with E-state index >= 15 is 0 Å². The van der Waals surface area contributed by atoms with Crippen LogP contribution in [0, 0.1) is 10.4 Å². The van der Waals surface area contributed by atoms with Crippen LogP contribution in [-0.2, 0) is 0 Å². The highest BCUT2D eigenvalue weighted by Gasteiger charge is 2.12. The van der Waals surface area contributed by atoms with Crippen molar-refractivity contribution in [2.45, 2.75) is 12.8 Å². The fraction of sp³-hybridized carbons (Fsp3) is 1.00. The molecule has 0 N–H and O–H groups in total.